The Morgan fingerprint density at radius 3 is 2.13 bits per heavy atom. The second kappa shape index (κ2) is 6.30. The summed E-state index contributed by atoms with van der Waals surface area (Å²) in [4.78, 5) is 0. The van der Waals surface area contributed by atoms with E-state index in [-0.39, 0.29) is 6.10 Å². The van der Waals surface area contributed by atoms with E-state index >= 15 is 0 Å². The number of hydrogen-bond donors (Lipinski definition) is 2. The molecule has 0 saturated carbocycles. The predicted octanol–water partition coefficient (Wildman–Crippen LogP) is 2.28. The molecule has 0 aliphatic rings. The summed E-state index contributed by atoms with van der Waals surface area (Å²) in [6.07, 6.45) is 0.195. The minimum atomic E-state index is 0.195. The van der Waals surface area contributed by atoms with Crippen molar-refractivity contribution in [2.45, 2.75) is 33.8 Å². The van der Waals surface area contributed by atoms with E-state index < -0.39 is 0 Å². The van der Waals surface area contributed by atoms with Crippen LogP contribution in [0.2, 0.25) is 0 Å². The molecule has 0 aliphatic heterocycles. The molecule has 0 fully saturated rings. The summed E-state index contributed by atoms with van der Waals surface area (Å²) < 4.78 is 5.60. The minimum absolute atomic E-state index is 0.195. The molecule has 0 saturated heterocycles. The number of aliphatic hydroxyl groups excluding tert-OH is 1. The highest BCUT2D eigenvalue weighted by Gasteiger charge is 2.04. The van der Waals surface area contributed by atoms with Crippen molar-refractivity contribution in [2.24, 2.45) is 0 Å². The first-order chi connectivity index (χ1) is 7.00. The molecule has 0 bridgehead atoms. The third-order valence-electron chi connectivity index (χ3n) is 1.93. The minimum Gasteiger partial charge on any atom is -0.491 e. The number of nitrogens with two attached hydrogens (primary N) is 1. The van der Waals surface area contributed by atoms with Gasteiger partial charge in [-0.05, 0) is 38.8 Å². The lowest BCUT2D eigenvalue weighted by Gasteiger charge is -2.13. The van der Waals surface area contributed by atoms with Crippen molar-refractivity contribution in [3.8, 4) is 5.75 Å². The highest BCUT2D eigenvalue weighted by Crippen LogP contribution is 2.25. The fourth-order valence-corrected chi connectivity index (χ4v) is 1.23. The maximum absolute atomic E-state index is 7.00. The molecular weight excluding hydrogens is 190 g/mol. The van der Waals surface area contributed by atoms with Gasteiger partial charge in [-0.2, -0.15) is 0 Å². The summed E-state index contributed by atoms with van der Waals surface area (Å²) in [7, 11) is 1.00. The van der Waals surface area contributed by atoms with Crippen LogP contribution in [-0.4, -0.2) is 18.3 Å². The van der Waals surface area contributed by atoms with E-state index in [9.17, 15) is 0 Å². The van der Waals surface area contributed by atoms with E-state index in [0.29, 0.717) is 0 Å². The number of benzene rings is 1. The topological polar surface area (TPSA) is 55.5 Å². The van der Waals surface area contributed by atoms with Crippen molar-refractivity contribution in [1.29, 1.82) is 0 Å². The van der Waals surface area contributed by atoms with Crippen LogP contribution >= 0.6 is 0 Å². The SMILES string of the molecule is CO.Cc1cc(C)c(OC(C)C)cc1N. The molecule has 0 heterocycles. The van der Waals surface area contributed by atoms with Crippen molar-refractivity contribution in [3.63, 3.8) is 0 Å². The molecule has 0 aromatic heterocycles. The van der Waals surface area contributed by atoms with Gasteiger partial charge < -0.3 is 15.6 Å². The van der Waals surface area contributed by atoms with Gasteiger partial charge in [-0.25, -0.2) is 0 Å². The third kappa shape index (κ3) is 4.21. The van der Waals surface area contributed by atoms with Crippen molar-refractivity contribution in [3.05, 3.63) is 23.3 Å². The number of anilines is 1. The van der Waals surface area contributed by atoms with Crippen LogP contribution in [0.3, 0.4) is 0 Å². The van der Waals surface area contributed by atoms with E-state index in [1.165, 1.54) is 0 Å². The van der Waals surface area contributed by atoms with Gasteiger partial charge in [-0.1, -0.05) is 6.07 Å². The first kappa shape index (κ1) is 13.8. The first-order valence-electron chi connectivity index (χ1n) is 4.99. The van der Waals surface area contributed by atoms with Crippen LogP contribution in [0.1, 0.15) is 25.0 Å². The van der Waals surface area contributed by atoms with Crippen LogP contribution in [0.15, 0.2) is 12.1 Å². The van der Waals surface area contributed by atoms with Crippen molar-refractivity contribution in [1.82, 2.24) is 0 Å². The Bertz CT molecular complexity index is 309. The quantitative estimate of drug-likeness (QED) is 0.738. The number of ether oxygens (including phenoxy) is 1. The maximum atomic E-state index is 7.00. The zero-order chi connectivity index (χ0) is 12.0. The Morgan fingerprint density at radius 2 is 1.67 bits per heavy atom. The molecular formula is C12H21NO2. The van der Waals surface area contributed by atoms with Crippen molar-refractivity contribution >= 4 is 5.69 Å². The molecule has 3 N–H and O–H groups in total. The van der Waals surface area contributed by atoms with Crippen molar-refractivity contribution < 1.29 is 9.84 Å². The van der Waals surface area contributed by atoms with E-state index in [0.717, 1.165) is 29.7 Å². The lowest BCUT2D eigenvalue weighted by atomic mass is 10.1. The summed E-state index contributed by atoms with van der Waals surface area (Å²) in [5.74, 6) is 0.887. The van der Waals surface area contributed by atoms with Gasteiger partial charge in [-0.15, -0.1) is 0 Å². The molecule has 15 heavy (non-hydrogen) atoms. The van der Waals surface area contributed by atoms with Crippen LogP contribution in [0.5, 0.6) is 5.75 Å². The van der Waals surface area contributed by atoms with Crippen LogP contribution in [0.4, 0.5) is 5.69 Å². The first-order valence-corrected chi connectivity index (χ1v) is 4.99. The maximum Gasteiger partial charge on any atom is 0.124 e. The van der Waals surface area contributed by atoms with E-state index in [1.807, 2.05) is 39.8 Å². The fourth-order valence-electron chi connectivity index (χ4n) is 1.23. The molecule has 0 unspecified atom stereocenters. The molecule has 0 atom stereocenters. The summed E-state index contributed by atoms with van der Waals surface area (Å²) >= 11 is 0. The summed E-state index contributed by atoms with van der Waals surface area (Å²) in [5.41, 5.74) is 8.82. The van der Waals surface area contributed by atoms with Gasteiger partial charge in [0.05, 0.1) is 6.10 Å². The molecule has 3 heteroatoms. The van der Waals surface area contributed by atoms with Crippen LogP contribution < -0.4 is 10.5 Å². The fraction of sp³-hybridized carbons (Fsp3) is 0.500. The zero-order valence-corrected chi connectivity index (χ0v) is 10.2. The van der Waals surface area contributed by atoms with Gasteiger partial charge in [0.15, 0.2) is 0 Å². The van der Waals surface area contributed by atoms with Crippen LogP contribution in [0.25, 0.3) is 0 Å². The largest absolute Gasteiger partial charge is 0.491 e. The molecule has 0 radical (unpaired) electrons. The Balaban J connectivity index is 0.000000921. The van der Waals surface area contributed by atoms with E-state index in [1.54, 1.807) is 0 Å². The molecule has 1 rings (SSSR count). The van der Waals surface area contributed by atoms with Crippen LogP contribution in [-0.2, 0) is 0 Å². The standard InChI is InChI=1S/C11H17NO.CH4O/c1-7(2)13-11-6-10(12)8(3)5-9(11)4;1-2/h5-7H,12H2,1-4H3;2H,1H3. The summed E-state index contributed by atoms with van der Waals surface area (Å²) in [6.45, 7) is 8.05. The number of nitrogen functional groups attached to an aromatic ring is 1. The Labute approximate surface area is 91.9 Å². The second-order valence-corrected chi connectivity index (χ2v) is 3.64. The molecule has 0 spiro atoms. The lowest BCUT2D eigenvalue weighted by Crippen LogP contribution is -2.07. The van der Waals surface area contributed by atoms with Gasteiger partial charge in [0, 0.05) is 18.9 Å². The van der Waals surface area contributed by atoms with E-state index in [4.69, 9.17) is 15.6 Å². The number of aliphatic hydroxyl groups is 1. The van der Waals surface area contributed by atoms with Gasteiger partial charge in [0.1, 0.15) is 5.75 Å². The summed E-state index contributed by atoms with van der Waals surface area (Å²) in [5, 5.41) is 7.00. The third-order valence-corrected chi connectivity index (χ3v) is 1.93. The van der Waals surface area contributed by atoms with Gasteiger partial charge in [-0.3, -0.25) is 0 Å². The van der Waals surface area contributed by atoms with Gasteiger partial charge in [0.25, 0.3) is 0 Å². The predicted molar refractivity (Wildman–Crippen MR) is 64.2 cm³/mol. The van der Waals surface area contributed by atoms with Gasteiger partial charge in [0.2, 0.25) is 0 Å². The highest BCUT2D eigenvalue weighted by molar-refractivity contribution is 5.54. The monoisotopic (exact) mass is 211 g/mol. The van der Waals surface area contributed by atoms with Crippen molar-refractivity contribution in [2.75, 3.05) is 12.8 Å². The molecule has 1 aromatic rings. The number of rotatable bonds is 2. The molecule has 1 aromatic carbocycles. The smallest absolute Gasteiger partial charge is 0.124 e. The lowest BCUT2D eigenvalue weighted by molar-refractivity contribution is 0.241. The Morgan fingerprint density at radius 1 is 1.13 bits per heavy atom. The van der Waals surface area contributed by atoms with E-state index in [2.05, 4.69) is 0 Å². The second-order valence-electron chi connectivity index (χ2n) is 3.64. The molecule has 0 amide bonds. The summed E-state index contributed by atoms with van der Waals surface area (Å²) in [6, 6.07) is 3.94. The highest BCUT2D eigenvalue weighted by atomic mass is 16.5. The Kier molecular flexibility index (Phi) is 5.79. The number of aryl methyl sites for hydroxylation is 2. The zero-order valence-electron chi connectivity index (χ0n) is 10.2. The Hall–Kier alpha value is -1.22. The average molecular weight is 211 g/mol. The molecule has 0 aliphatic carbocycles. The van der Waals surface area contributed by atoms with Gasteiger partial charge >= 0.3 is 0 Å². The average Bonchev–Trinajstić information content (AvgIpc) is 2.17. The number of hydrogen-bond acceptors (Lipinski definition) is 3. The molecule has 3 nitrogen and oxygen atoms in total. The van der Waals surface area contributed by atoms with Crippen LogP contribution in [0, 0.1) is 13.8 Å². The normalized spacial score (nSPS) is 9.53. The molecule has 86 valence electrons.